The van der Waals surface area contributed by atoms with Gasteiger partial charge in [0.15, 0.2) is 5.96 Å². The lowest BCUT2D eigenvalue weighted by Gasteiger charge is -2.22. The van der Waals surface area contributed by atoms with Crippen LogP contribution in [0.3, 0.4) is 0 Å². The minimum absolute atomic E-state index is 0.0685. The van der Waals surface area contributed by atoms with Gasteiger partial charge in [0.2, 0.25) is 5.91 Å². The molecular formula is C16H22ClN5O2. The number of nitrogens with one attached hydrogen (secondary N) is 2. The van der Waals surface area contributed by atoms with Crippen molar-refractivity contribution in [3.05, 3.63) is 34.9 Å². The van der Waals surface area contributed by atoms with E-state index in [0.717, 1.165) is 18.1 Å². The third-order valence-corrected chi connectivity index (χ3v) is 3.80. The average molecular weight is 352 g/mol. The molecule has 1 saturated heterocycles. The van der Waals surface area contributed by atoms with Gasteiger partial charge in [0.05, 0.1) is 19.6 Å². The number of rotatable bonds is 6. The molecule has 7 nitrogen and oxygen atoms in total. The van der Waals surface area contributed by atoms with Crippen molar-refractivity contribution in [3.8, 4) is 0 Å². The van der Waals surface area contributed by atoms with E-state index in [1.807, 2.05) is 43.1 Å². The summed E-state index contributed by atoms with van der Waals surface area (Å²) in [5, 5.41) is 6.41. The Bertz CT molecular complexity index is 601. The highest BCUT2D eigenvalue weighted by Gasteiger charge is 2.27. The second-order valence-corrected chi connectivity index (χ2v) is 5.86. The molecule has 130 valence electrons. The number of nitrogens with zero attached hydrogens (tertiary/aromatic N) is 3. The molecule has 0 unspecified atom stereocenters. The van der Waals surface area contributed by atoms with Gasteiger partial charge in [-0.3, -0.25) is 14.7 Å². The lowest BCUT2D eigenvalue weighted by atomic mass is 10.2. The van der Waals surface area contributed by atoms with E-state index in [-0.39, 0.29) is 25.0 Å². The van der Waals surface area contributed by atoms with Crippen LogP contribution < -0.4 is 10.6 Å². The van der Waals surface area contributed by atoms with Crippen LogP contribution in [-0.4, -0.2) is 60.9 Å². The number of imide groups is 1. The summed E-state index contributed by atoms with van der Waals surface area (Å²) in [7, 11) is 1.93. The molecule has 0 saturated carbocycles. The molecule has 0 aromatic heterocycles. The molecule has 24 heavy (non-hydrogen) atoms. The minimum atomic E-state index is -0.352. The largest absolute Gasteiger partial charge is 0.357 e. The summed E-state index contributed by atoms with van der Waals surface area (Å²) in [6.45, 7) is 4.09. The Morgan fingerprint density at radius 1 is 1.38 bits per heavy atom. The van der Waals surface area contributed by atoms with Gasteiger partial charge in [0, 0.05) is 25.2 Å². The number of hydrogen-bond donors (Lipinski definition) is 2. The third-order valence-electron chi connectivity index (χ3n) is 3.55. The summed E-state index contributed by atoms with van der Waals surface area (Å²) >= 11 is 5.90. The summed E-state index contributed by atoms with van der Waals surface area (Å²) in [4.78, 5) is 30.7. The maximum atomic E-state index is 11.5. The van der Waals surface area contributed by atoms with Crippen LogP contribution in [0, 0.1) is 0 Å². The maximum absolute atomic E-state index is 11.5. The molecule has 2 N–H and O–H groups in total. The topological polar surface area (TPSA) is 77.0 Å². The van der Waals surface area contributed by atoms with Crippen LogP contribution in [0.5, 0.6) is 0 Å². The number of carbonyl (C=O) groups is 2. The lowest BCUT2D eigenvalue weighted by Crippen LogP contribution is -2.39. The maximum Gasteiger partial charge on any atom is 0.324 e. The van der Waals surface area contributed by atoms with Gasteiger partial charge in [-0.1, -0.05) is 23.7 Å². The minimum Gasteiger partial charge on any atom is -0.357 e. The fourth-order valence-corrected chi connectivity index (χ4v) is 2.47. The van der Waals surface area contributed by atoms with Crippen LogP contribution in [0.1, 0.15) is 12.5 Å². The molecule has 8 heteroatoms. The van der Waals surface area contributed by atoms with Crippen molar-refractivity contribution in [2.75, 3.05) is 33.2 Å². The molecule has 0 atom stereocenters. The van der Waals surface area contributed by atoms with E-state index in [9.17, 15) is 9.59 Å². The van der Waals surface area contributed by atoms with Crippen LogP contribution in [-0.2, 0) is 11.3 Å². The van der Waals surface area contributed by atoms with Gasteiger partial charge in [-0.05, 0) is 24.6 Å². The molecule has 1 aromatic rings. The Balaban J connectivity index is 1.95. The van der Waals surface area contributed by atoms with E-state index >= 15 is 0 Å². The van der Waals surface area contributed by atoms with Gasteiger partial charge < -0.3 is 15.5 Å². The van der Waals surface area contributed by atoms with Gasteiger partial charge in [0.25, 0.3) is 0 Å². The van der Waals surface area contributed by atoms with Crippen molar-refractivity contribution in [2.45, 2.75) is 13.5 Å². The number of amides is 3. The van der Waals surface area contributed by atoms with Crippen molar-refractivity contribution in [3.63, 3.8) is 0 Å². The molecule has 1 aromatic carbocycles. The standard InChI is InChI=1S/C16H22ClN5O2/c1-3-18-15(19-8-9-22-14(23)10-20-16(22)24)21(2)11-12-4-6-13(17)7-5-12/h4-7H,3,8-11H2,1-2H3,(H,18,19)(H,20,24). The molecule has 0 bridgehead atoms. The summed E-state index contributed by atoms with van der Waals surface area (Å²) < 4.78 is 0. The first kappa shape index (κ1) is 18.1. The number of hydrogen-bond acceptors (Lipinski definition) is 3. The van der Waals surface area contributed by atoms with E-state index in [1.165, 1.54) is 4.90 Å². The number of urea groups is 1. The molecule has 1 fully saturated rings. The van der Waals surface area contributed by atoms with E-state index in [1.54, 1.807) is 0 Å². The van der Waals surface area contributed by atoms with Crippen LogP contribution in [0.2, 0.25) is 5.02 Å². The highest BCUT2D eigenvalue weighted by molar-refractivity contribution is 6.30. The van der Waals surface area contributed by atoms with Crippen LogP contribution in [0.25, 0.3) is 0 Å². The molecule has 0 spiro atoms. The van der Waals surface area contributed by atoms with E-state index in [0.29, 0.717) is 18.1 Å². The second kappa shape index (κ2) is 8.54. The zero-order valence-corrected chi connectivity index (χ0v) is 14.6. The third kappa shape index (κ3) is 4.86. The van der Waals surface area contributed by atoms with E-state index in [2.05, 4.69) is 15.6 Å². The molecule has 1 aliphatic rings. The summed E-state index contributed by atoms with van der Waals surface area (Å²) in [6, 6.07) is 7.29. The van der Waals surface area contributed by atoms with Crippen molar-refractivity contribution < 1.29 is 9.59 Å². The molecule has 0 aliphatic carbocycles. The Morgan fingerprint density at radius 2 is 2.08 bits per heavy atom. The number of aliphatic imine (C=N–C) groups is 1. The van der Waals surface area contributed by atoms with Crippen molar-refractivity contribution >= 4 is 29.5 Å². The number of carbonyl (C=O) groups excluding carboxylic acids is 2. The summed E-state index contributed by atoms with van der Waals surface area (Å²) in [6.07, 6.45) is 0. The quantitative estimate of drug-likeness (QED) is 0.460. The zero-order valence-electron chi connectivity index (χ0n) is 13.9. The van der Waals surface area contributed by atoms with Gasteiger partial charge in [-0.2, -0.15) is 0 Å². The monoisotopic (exact) mass is 351 g/mol. The van der Waals surface area contributed by atoms with Crippen molar-refractivity contribution in [1.29, 1.82) is 0 Å². The van der Waals surface area contributed by atoms with Gasteiger partial charge in [-0.25, -0.2) is 4.79 Å². The fourth-order valence-electron chi connectivity index (χ4n) is 2.35. The second-order valence-electron chi connectivity index (χ2n) is 5.42. The van der Waals surface area contributed by atoms with Crippen LogP contribution in [0.15, 0.2) is 29.3 Å². The van der Waals surface area contributed by atoms with Gasteiger partial charge in [0.1, 0.15) is 0 Å². The number of benzene rings is 1. The predicted octanol–water partition coefficient (Wildman–Crippen LogP) is 1.29. The molecule has 3 amide bonds. The van der Waals surface area contributed by atoms with Crippen molar-refractivity contribution in [1.82, 2.24) is 20.4 Å². The Hall–Kier alpha value is -2.28. The van der Waals surface area contributed by atoms with Gasteiger partial charge in [-0.15, -0.1) is 0 Å². The summed E-state index contributed by atoms with van der Waals surface area (Å²) in [5.74, 6) is 0.509. The highest BCUT2D eigenvalue weighted by atomic mass is 35.5. The van der Waals surface area contributed by atoms with Gasteiger partial charge >= 0.3 is 6.03 Å². The first-order valence-electron chi connectivity index (χ1n) is 7.83. The fraction of sp³-hybridized carbons (Fsp3) is 0.438. The first-order chi connectivity index (χ1) is 11.5. The SMILES string of the molecule is CCNC(=NCCN1C(=O)CNC1=O)N(C)Cc1ccc(Cl)cc1. The normalized spacial score (nSPS) is 14.8. The molecule has 1 aliphatic heterocycles. The highest BCUT2D eigenvalue weighted by Crippen LogP contribution is 2.11. The molecule has 1 heterocycles. The molecular weight excluding hydrogens is 330 g/mol. The Labute approximate surface area is 146 Å². The Kier molecular flexibility index (Phi) is 6.43. The predicted molar refractivity (Wildman–Crippen MR) is 94.0 cm³/mol. The van der Waals surface area contributed by atoms with E-state index < -0.39 is 0 Å². The smallest absolute Gasteiger partial charge is 0.324 e. The lowest BCUT2D eigenvalue weighted by molar-refractivity contribution is -0.124. The van der Waals surface area contributed by atoms with Crippen LogP contribution >= 0.6 is 11.6 Å². The zero-order chi connectivity index (χ0) is 17.5. The number of guanidine groups is 1. The molecule has 2 rings (SSSR count). The van der Waals surface area contributed by atoms with Crippen molar-refractivity contribution in [2.24, 2.45) is 4.99 Å². The Morgan fingerprint density at radius 3 is 2.67 bits per heavy atom. The first-order valence-corrected chi connectivity index (χ1v) is 8.21. The average Bonchev–Trinajstić information content (AvgIpc) is 2.88. The molecule has 0 radical (unpaired) electrons. The number of halogens is 1. The van der Waals surface area contributed by atoms with E-state index in [4.69, 9.17) is 11.6 Å². The summed E-state index contributed by atoms with van der Waals surface area (Å²) in [5.41, 5.74) is 1.11. The van der Waals surface area contributed by atoms with Crippen LogP contribution in [0.4, 0.5) is 4.79 Å².